The van der Waals surface area contributed by atoms with Crippen molar-refractivity contribution in [2.24, 2.45) is 0 Å². The zero-order valence-electron chi connectivity index (χ0n) is 6.91. The van der Waals surface area contributed by atoms with Gasteiger partial charge in [-0.2, -0.15) is 0 Å². The van der Waals surface area contributed by atoms with E-state index >= 15 is 0 Å². The summed E-state index contributed by atoms with van der Waals surface area (Å²) >= 11 is 5.18. The minimum Gasteiger partial charge on any atom is -0.284 e. The Hall–Kier alpha value is -0.350. The molecule has 2 rings (SSSR count). The van der Waals surface area contributed by atoms with Crippen molar-refractivity contribution in [2.45, 2.75) is 19.8 Å². The molecule has 0 fully saturated rings. The fraction of sp³-hybridized carbons (Fsp3) is 0.375. The smallest absolute Gasteiger partial charge is 0.194 e. The van der Waals surface area contributed by atoms with E-state index in [-0.39, 0.29) is 0 Å². The van der Waals surface area contributed by atoms with Crippen LogP contribution in [0.25, 0.3) is 4.96 Å². The highest BCUT2D eigenvalue weighted by Crippen LogP contribution is 2.26. The average molecular weight is 245 g/mol. The van der Waals surface area contributed by atoms with Crippen LogP contribution >= 0.6 is 27.3 Å². The minimum absolute atomic E-state index is 0.587. The van der Waals surface area contributed by atoms with Gasteiger partial charge in [0.15, 0.2) is 4.96 Å². The fourth-order valence-electron chi connectivity index (χ4n) is 1.04. The van der Waals surface area contributed by atoms with E-state index in [0.717, 1.165) is 9.56 Å². The number of imidazole rings is 1. The Morgan fingerprint density at radius 1 is 1.58 bits per heavy atom. The van der Waals surface area contributed by atoms with Crippen molar-refractivity contribution in [1.82, 2.24) is 9.38 Å². The topological polar surface area (TPSA) is 17.3 Å². The molecule has 0 saturated heterocycles. The highest BCUT2D eigenvalue weighted by atomic mass is 79.9. The second-order valence-corrected chi connectivity index (χ2v) is 4.87. The van der Waals surface area contributed by atoms with Crippen molar-refractivity contribution in [3.05, 3.63) is 21.9 Å². The lowest BCUT2D eigenvalue weighted by Gasteiger charge is -1.95. The van der Waals surface area contributed by atoms with Gasteiger partial charge in [0.2, 0.25) is 0 Å². The molecule has 12 heavy (non-hydrogen) atoms. The highest BCUT2D eigenvalue weighted by molar-refractivity contribution is 9.10. The second kappa shape index (κ2) is 2.85. The zero-order valence-corrected chi connectivity index (χ0v) is 9.32. The van der Waals surface area contributed by atoms with E-state index in [1.54, 1.807) is 11.3 Å². The van der Waals surface area contributed by atoms with Crippen LogP contribution < -0.4 is 0 Å². The molecule has 0 N–H and O–H groups in total. The standard InChI is InChI=1S/C8H9BrN2S/c1-5(2)6-4-11-7(9)3-10-8(11)12-6/h3-5H,1-2H3. The summed E-state index contributed by atoms with van der Waals surface area (Å²) in [6.45, 7) is 4.39. The van der Waals surface area contributed by atoms with E-state index in [0.29, 0.717) is 5.92 Å². The fourth-order valence-corrected chi connectivity index (χ4v) is 2.49. The van der Waals surface area contributed by atoms with Crippen LogP contribution in [0.3, 0.4) is 0 Å². The van der Waals surface area contributed by atoms with Gasteiger partial charge in [0.1, 0.15) is 4.60 Å². The van der Waals surface area contributed by atoms with Gasteiger partial charge in [-0.15, -0.1) is 11.3 Å². The third-order valence-corrected chi connectivity index (χ3v) is 3.64. The second-order valence-electron chi connectivity index (χ2n) is 3.02. The predicted molar refractivity (Wildman–Crippen MR) is 54.9 cm³/mol. The van der Waals surface area contributed by atoms with Gasteiger partial charge < -0.3 is 0 Å². The molecule has 0 aliphatic carbocycles. The number of rotatable bonds is 1. The summed E-state index contributed by atoms with van der Waals surface area (Å²) in [4.78, 5) is 6.69. The van der Waals surface area contributed by atoms with E-state index in [1.807, 2.05) is 6.20 Å². The first kappa shape index (κ1) is 8.26. The number of fused-ring (bicyclic) bond motifs is 1. The van der Waals surface area contributed by atoms with Gasteiger partial charge in [0, 0.05) is 11.1 Å². The van der Waals surface area contributed by atoms with Gasteiger partial charge in [-0.1, -0.05) is 13.8 Å². The maximum Gasteiger partial charge on any atom is 0.194 e. The van der Waals surface area contributed by atoms with E-state index in [1.165, 1.54) is 4.88 Å². The van der Waals surface area contributed by atoms with Crippen molar-refractivity contribution in [3.63, 3.8) is 0 Å². The Morgan fingerprint density at radius 3 is 2.92 bits per heavy atom. The van der Waals surface area contributed by atoms with Crippen LogP contribution in [0.4, 0.5) is 0 Å². The average Bonchev–Trinajstić information content (AvgIpc) is 2.53. The first-order valence-corrected chi connectivity index (χ1v) is 5.41. The van der Waals surface area contributed by atoms with Crippen molar-refractivity contribution in [3.8, 4) is 0 Å². The molecule has 0 bridgehead atoms. The Kier molecular flexibility index (Phi) is 1.96. The molecule has 0 aromatic carbocycles. The molecule has 0 unspecified atom stereocenters. The van der Waals surface area contributed by atoms with Crippen LogP contribution in [0.2, 0.25) is 0 Å². The minimum atomic E-state index is 0.587. The Morgan fingerprint density at radius 2 is 2.33 bits per heavy atom. The molecule has 0 spiro atoms. The zero-order chi connectivity index (χ0) is 8.72. The largest absolute Gasteiger partial charge is 0.284 e. The first-order chi connectivity index (χ1) is 5.68. The van der Waals surface area contributed by atoms with Gasteiger partial charge in [0.25, 0.3) is 0 Å². The molecule has 2 aromatic rings. The molecule has 0 atom stereocenters. The number of thiazole rings is 1. The van der Waals surface area contributed by atoms with Gasteiger partial charge in [-0.25, -0.2) is 4.98 Å². The number of aromatic nitrogens is 2. The van der Waals surface area contributed by atoms with Crippen molar-refractivity contribution in [1.29, 1.82) is 0 Å². The SMILES string of the molecule is CC(C)c1cn2c(Br)cnc2s1. The molecule has 2 nitrogen and oxygen atoms in total. The summed E-state index contributed by atoms with van der Waals surface area (Å²) in [6, 6.07) is 0. The molecule has 0 aliphatic rings. The number of hydrogen-bond acceptors (Lipinski definition) is 2. The molecular formula is C8H9BrN2S. The maximum atomic E-state index is 4.26. The molecule has 0 aliphatic heterocycles. The molecule has 64 valence electrons. The number of halogens is 1. The molecule has 0 radical (unpaired) electrons. The summed E-state index contributed by atoms with van der Waals surface area (Å²) in [5, 5.41) is 0. The van der Waals surface area contributed by atoms with Crippen LogP contribution in [0.5, 0.6) is 0 Å². The van der Waals surface area contributed by atoms with Crippen molar-refractivity contribution in [2.75, 3.05) is 0 Å². The van der Waals surface area contributed by atoms with Gasteiger partial charge in [0.05, 0.1) is 6.20 Å². The molecule has 2 aromatic heterocycles. The van der Waals surface area contributed by atoms with Gasteiger partial charge >= 0.3 is 0 Å². The summed E-state index contributed by atoms with van der Waals surface area (Å²) in [6.07, 6.45) is 3.97. The lowest BCUT2D eigenvalue weighted by atomic mass is 10.2. The quantitative estimate of drug-likeness (QED) is 0.753. The number of hydrogen-bond donors (Lipinski definition) is 0. The summed E-state index contributed by atoms with van der Waals surface area (Å²) in [7, 11) is 0. The van der Waals surface area contributed by atoms with E-state index in [2.05, 4.69) is 45.4 Å². The third kappa shape index (κ3) is 1.19. The first-order valence-electron chi connectivity index (χ1n) is 3.81. The molecule has 0 amide bonds. The van der Waals surface area contributed by atoms with Gasteiger partial charge in [-0.05, 0) is 21.8 Å². The van der Waals surface area contributed by atoms with E-state index < -0.39 is 0 Å². The van der Waals surface area contributed by atoms with Crippen LogP contribution in [-0.2, 0) is 0 Å². The Bertz CT molecular complexity index is 402. The van der Waals surface area contributed by atoms with E-state index in [4.69, 9.17) is 0 Å². The van der Waals surface area contributed by atoms with E-state index in [9.17, 15) is 0 Å². The molecular weight excluding hydrogens is 236 g/mol. The summed E-state index contributed by atoms with van der Waals surface area (Å²) < 4.78 is 3.10. The van der Waals surface area contributed by atoms with Crippen LogP contribution in [-0.4, -0.2) is 9.38 Å². The maximum absolute atomic E-state index is 4.26. The summed E-state index contributed by atoms with van der Waals surface area (Å²) in [5.41, 5.74) is 0. The van der Waals surface area contributed by atoms with Crippen LogP contribution in [0.1, 0.15) is 24.6 Å². The van der Waals surface area contributed by atoms with Gasteiger partial charge in [-0.3, -0.25) is 4.40 Å². The number of nitrogens with zero attached hydrogens (tertiary/aromatic N) is 2. The third-order valence-electron chi connectivity index (χ3n) is 1.75. The Balaban J connectivity index is 2.63. The van der Waals surface area contributed by atoms with Crippen LogP contribution in [0.15, 0.2) is 17.0 Å². The predicted octanol–water partition coefficient (Wildman–Crippen LogP) is 3.28. The lowest BCUT2D eigenvalue weighted by molar-refractivity contribution is 0.880. The van der Waals surface area contributed by atoms with Crippen molar-refractivity contribution >= 4 is 32.2 Å². The normalized spacial score (nSPS) is 11.7. The molecule has 4 heteroatoms. The molecule has 2 heterocycles. The summed E-state index contributed by atoms with van der Waals surface area (Å²) in [5.74, 6) is 0.587. The highest BCUT2D eigenvalue weighted by Gasteiger charge is 2.07. The monoisotopic (exact) mass is 244 g/mol. The lowest BCUT2D eigenvalue weighted by Crippen LogP contribution is -1.81. The van der Waals surface area contributed by atoms with Crippen LogP contribution in [0, 0.1) is 0 Å². The molecule has 0 saturated carbocycles. The Labute approximate surface area is 83.4 Å². The van der Waals surface area contributed by atoms with Crippen molar-refractivity contribution < 1.29 is 0 Å².